The molecule has 1 aromatic heterocycles. The minimum Gasteiger partial charge on any atom is -0.375 e. The molecule has 3 aromatic rings. The minimum absolute atomic E-state index is 0.0528. The molecule has 1 N–H and O–H groups in total. The number of aromatic nitrogens is 2. The lowest BCUT2D eigenvalue weighted by molar-refractivity contribution is -0.118. The average Bonchev–Trinajstić information content (AvgIpc) is 3.07. The summed E-state index contributed by atoms with van der Waals surface area (Å²) in [5.41, 5.74) is 3.29. The molecule has 0 spiro atoms. The van der Waals surface area contributed by atoms with Gasteiger partial charge in [-0.25, -0.2) is 4.98 Å². The quantitative estimate of drug-likeness (QED) is 0.452. The molecule has 0 aliphatic heterocycles. The molecule has 1 heterocycles. The SMILES string of the molecule is CCn1c(SCC(=O)NCCCN(C)c2ccccc2)nc2ccccc21. The van der Waals surface area contributed by atoms with Gasteiger partial charge in [-0.05, 0) is 37.6 Å². The Hall–Kier alpha value is -2.47. The Morgan fingerprint density at radius 2 is 1.89 bits per heavy atom. The topological polar surface area (TPSA) is 50.2 Å². The van der Waals surface area contributed by atoms with Gasteiger partial charge in [0, 0.05) is 32.4 Å². The van der Waals surface area contributed by atoms with E-state index in [1.54, 1.807) is 0 Å². The van der Waals surface area contributed by atoms with Gasteiger partial charge < -0.3 is 14.8 Å². The van der Waals surface area contributed by atoms with Crippen molar-refractivity contribution >= 4 is 34.4 Å². The lowest BCUT2D eigenvalue weighted by Crippen LogP contribution is -2.29. The number of nitrogens with zero attached hydrogens (tertiary/aromatic N) is 3. The van der Waals surface area contributed by atoms with Crippen molar-refractivity contribution in [3.8, 4) is 0 Å². The fraction of sp³-hybridized carbons (Fsp3) is 0.333. The van der Waals surface area contributed by atoms with Crippen LogP contribution in [-0.4, -0.2) is 41.3 Å². The van der Waals surface area contributed by atoms with Crippen molar-refractivity contribution in [2.24, 2.45) is 0 Å². The summed E-state index contributed by atoms with van der Waals surface area (Å²) in [6.07, 6.45) is 0.912. The molecule has 0 unspecified atom stereocenters. The van der Waals surface area contributed by atoms with Crippen LogP contribution in [0.15, 0.2) is 59.8 Å². The van der Waals surface area contributed by atoms with E-state index in [0.29, 0.717) is 12.3 Å². The molecule has 2 aromatic carbocycles. The Kier molecular flexibility index (Phi) is 6.76. The van der Waals surface area contributed by atoms with E-state index in [2.05, 4.69) is 51.9 Å². The number of carbonyl (C=O) groups is 1. The fourth-order valence-corrected chi connectivity index (χ4v) is 3.91. The van der Waals surface area contributed by atoms with Gasteiger partial charge in [0.1, 0.15) is 0 Å². The highest BCUT2D eigenvalue weighted by Gasteiger charge is 2.11. The van der Waals surface area contributed by atoms with E-state index in [4.69, 9.17) is 0 Å². The number of fused-ring (bicyclic) bond motifs is 1. The minimum atomic E-state index is 0.0528. The van der Waals surface area contributed by atoms with Crippen LogP contribution >= 0.6 is 11.8 Å². The lowest BCUT2D eigenvalue weighted by atomic mass is 10.3. The number of benzene rings is 2. The molecule has 0 aliphatic rings. The molecule has 0 saturated heterocycles. The highest BCUT2D eigenvalue weighted by molar-refractivity contribution is 7.99. The number of anilines is 1. The zero-order valence-corrected chi connectivity index (χ0v) is 16.7. The Morgan fingerprint density at radius 1 is 1.15 bits per heavy atom. The number of aryl methyl sites for hydroxylation is 1. The average molecular weight is 383 g/mol. The van der Waals surface area contributed by atoms with Gasteiger partial charge in [-0.1, -0.05) is 42.1 Å². The monoisotopic (exact) mass is 382 g/mol. The normalized spacial score (nSPS) is 10.9. The van der Waals surface area contributed by atoms with Crippen molar-refractivity contribution in [1.82, 2.24) is 14.9 Å². The third-order valence-electron chi connectivity index (χ3n) is 4.46. The van der Waals surface area contributed by atoms with E-state index in [-0.39, 0.29) is 5.91 Å². The third-order valence-corrected chi connectivity index (χ3v) is 5.43. The number of para-hydroxylation sites is 3. The summed E-state index contributed by atoms with van der Waals surface area (Å²) in [5.74, 6) is 0.440. The number of amides is 1. The highest BCUT2D eigenvalue weighted by Crippen LogP contribution is 2.23. The molecule has 0 fully saturated rings. The van der Waals surface area contributed by atoms with Crippen molar-refractivity contribution in [3.63, 3.8) is 0 Å². The zero-order valence-electron chi connectivity index (χ0n) is 15.9. The number of hydrogen-bond donors (Lipinski definition) is 1. The molecule has 0 bridgehead atoms. The summed E-state index contributed by atoms with van der Waals surface area (Å²) in [5, 5.41) is 3.91. The van der Waals surface area contributed by atoms with Crippen molar-refractivity contribution < 1.29 is 4.79 Å². The summed E-state index contributed by atoms with van der Waals surface area (Å²) in [4.78, 5) is 19.0. The molecular formula is C21H26N4OS. The summed E-state index contributed by atoms with van der Waals surface area (Å²) in [6, 6.07) is 18.4. The first-order chi connectivity index (χ1) is 13.2. The molecule has 5 nitrogen and oxygen atoms in total. The Morgan fingerprint density at radius 3 is 2.67 bits per heavy atom. The third kappa shape index (κ3) is 5.04. The van der Waals surface area contributed by atoms with Crippen LogP contribution in [0.5, 0.6) is 0 Å². The first-order valence-electron chi connectivity index (χ1n) is 9.30. The molecule has 0 atom stereocenters. The Balaban J connectivity index is 1.42. The summed E-state index contributed by atoms with van der Waals surface area (Å²) >= 11 is 1.50. The molecule has 1 amide bonds. The van der Waals surface area contributed by atoms with E-state index in [9.17, 15) is 4.79 Å². The van der Waals surface area contributed by atoms with Crippen LogP contribution in [0.25, 0.3) is 11.0 Å². The number of imidazole rings is 1. The fourth-order valence-electron chi connectivity index (χ4n) is 3.01. The lowest BCUT2D eigenvalue weighted by Gasteiger charge is -2.19. The number of carbonyl (C=O) groups excluding carboxylic acids is 1. The van der Waals surface area contributed by atoms with E-state index in [1.165, 1.54) is 17.4 Å². The second-order valence-electron chi connectivity index (χ2n) is 6.38. The van der Waals surface area contributed by atoms with E-state index in [1.807, 2.05) is 36.4 Å². The van der Waals surface area contributed by atoms with Gasteiger partial charge in [-0.15, -0.1) is 0 Å². The van der Waals surface area contributed by atoms with Crippen molar-refractivity contribution in [3.05, 3.63) is 54.6 Å². The van der Waals surface area contributed by atoms with Crippen LogP contribution < -0.4 is 10.2 Å². The van der Waals surface area contributed by atoms with Crippen LogP contribution in [0.4, 0.5) is 5.69 Å². The molecule has 0 aliphatic carbocycles. The molecule has 6 heteroatoms. The summed E-state index contributed by atoms with van der Waals surface area (Å²) in [7, 11) is 2.07. The first kappa shape index (κ1) is 19.3. The maximum atomic E-state index is 12.2. The standard InChI is InChI=1S/C21H26N4OS/c1-3-25-19-13-8-7-12-18(19)23-21(25)27-16-20(26)22-14-9-15-24(2)17-10-5-4-6-11-17/h4-8,10-13H,3,9,14-16H2,1-2H3,(H,22,26). The van der Waals surface area contributed by atoms with Crippen molar-refractivity contribution in [1.29, 1.82) is 0 Å². The maximum Gasteiger partial charge on any atom is 0.230 e. The number of hydrogen-bond acceptors (Lipinski definition) is 4. The number of rotatable bonds is 9. The number of thioether (sulfide) groups is 1. The predicted octanol–water partition coefficient (Wildman–Crippen LogP) is 3.79. The Bertz CT molecular complexity index is 878. The van der Waals surface area contributed by atoms with Gasteiger partial charge in [-0.3, -0.25) is 4.79 Å². The summed E-state index contributed by atoms with van der Waals surface area (Å²) in [6.45, 7) is 4.53. The number of nitrogens with one attached hydrogen (secondary N) is 1. The van der Waals surface area contributed by atoms with Crippen LogP contribution in [0.1, 0.15) is 13.3 Å². The van der Waals surface area contributed by atoms with Crippen molar-refractivity contribution in [2.45, 2.75) is 25.0 Å². The van der Waals surface area contributed by atoms with Crippen LogP contribution in [0, 0.1) is 0 Å². The molecule has 142 valence electrons. The molecular weight excluding hydrogens is 356 g/mol. The van der Waals surface area contributed by atoms with Gasteiger partial charge in [0.2, 0.25) is 5.91 Å². The van der Waals surface area contributed by atoms with Gasteiger partial charge in [0.05, 0.1) is 16.8 Å². The van der Waals surface area contributed by atoms with Gasteiger partial charge in [0.15, 0.2) is 5.16 Å². The summed E-state index contributed by atoms with van der Waals surface area (Å²) < 4.78 is 2.15. The molecule has 0 saturated carbocycles. The van der Waals surface area contributed by atoms with Crippen molar-refractivity contribution in [2.75, 3.05) is 30.8 Å². The van der Waals surface area contributed by atoms with E-state index < -0.39 is 0 Å². The van der Waals surface area contributed by atoms with Crippen LogP contribution in [-0.2, 0) is 11.3 Å². The smallest absolute Gasteiger partial charge is 0.230 e. The zero-order chi connectivity index (χ0) is 19.1. The van der Waals surface area contributed by atoms with Gasteiger partial charge >= 0.3 is 0 Å². The van der Waals surface area contributed by atoms with E-state index in [0.717, 1.165) is 35.7 Å². The van der Waals surface area contributed by atoms with Crippen LogP contribution in [0.2, 0.25) is 0 Å². The second kappa shape index (κ2) is 9.46. The highest BCUT2D eigenvalue weighted by atomic mass is 32.2. The second-order valence-corrected chi connectivity index (χ2v) is 7.32. The van der Waals surface area contributed by atoms with Gasteiger partial charge in [0.25, 0.3) is 0 Å². The molecule has 0 radical (unpaired) electrons. The first-order valence-corrected chi connectivity index (χ1v) is 10.3. The molecule has 3 rings (SSSR count). The maximum absolute atomic E-state index is 12.2. The van der Waals surface area contributed by atoms with Crippen LogP contribution in [0.3, 0.4) is 0 Å². The predicted molar refractivity (Wildman–Crippen MR) is 113 cm³/mol. The van der Waals surface area contributed by atoms with Gasteiger partial charge in [-0.2, -0.15) is 0 Å². The largest absolute Gasteiger partial charge is 0.375 e. The molecule has 27 heavy (non-hydrogen) atoms. The Labute approximate surface area is 164 Å². The van der Waals surface area contributed by atoms with E-state index >= 15 is 0 Å².